The third-order valence-electron chi connectivity index (χ3n) is 3.85. The van der Waals surface area contributed by atoms with Gasteiger partial charge >= 0.3 is 0 Å². The molecule has 1 aliphatic rings. The average Bonchev–Trinajstić information content (AvgIpc) is 2.46. The molecule has 0 aromatic heterocycles. The number of nitrogens with zero attached hydrogens (tertiary/aromatic N) is 3. The van der Waals surface area contributed by atoms with Crippen LogP contribution in [0, 0.1) is 0 Å². The van der Waals surface area contributed by atoms with Crippen LogP contribution in [0.4, 0.5) is 0 Å². The van der Waals surface area contributed by atoms with Crippen LogP contribution in [0.1, 0.15) is 40.5 Å². The molecule has 0 radical (unpaired) electrons. The highest BCUT2D eigenvalue weighted by Gasteiger charge is 2.23. The van der Waals surface area contributed by atoms with Gasteiger partial charge in [0.25, 0.3) is 0 Å². The van der Waals surface area contributed by atoms with Crippen molar-refractivity contribution in [1.29, 1.82) is 0 Å². The van der Waals surface area contributed by atoms with Gasteiger partial charge in [-0.1, -0.05) is 27.7 Å². The van der Waals surface area contributed by atoms with E-state index in [1.54, 1.807) is 0 Å². The summed E-state index contributed by atoms with van der Waals surface area (Å²) >= 11 is 0. The number of hydrogen-bond donors (Lipinski definition) is 0. The fourth-order valence-corrected chi connectivity index (χ4v) is 2.52. The lowest BCUT2D eigenvalue weighted by Gasteiger charge is -2.36. The van der Waals surface area contributed by atoms with Gasteiger partial charge in [0, 0.05) is 39.3 Å². The molecule has 128 valence electrons. The Kier molecular flexibility index (Phi) is 13.4. The summed E-state index contributed by atoms with van der Waals surface area (Å²) in [6, 6.07) is 0. The molecule has 0 saturated carbocycles. The van der Waals surface area contributed by atoms with Gasteiger partial charge in [-0.25, -0.2) is 0 Å². The second-order valence-electron chi connectivity index (χ2n) is 5.81. The number of likely N-dealkylation sites (N-methyl/N-ethyl adjacent to an activating group) is 3. The third-order valence-corrected chi connectivity index (χ3v) is 3.85. The lowest BCUT2D eigenvalue weighted by atomic mass is 10.2. The maximum atomic E-state index is 5.83. The van der Waals surface area contributed by atoms with Crippen molar-refractivity contribution in [3.8, 4) is 0 Å². The molecule has 1 fully saturated rings. The summed E-state index contributed by atoms with van der Waals surface area (Å²) in [4.78, 5) is 7.25. The summed E-state index contributed by atoms with van der Waals surface area (Å²) in [6.45, 7) is 17.5. The Morgan fingerprint density at radius 1 is 1.05 bits per heavy atom. The van der Waals surface area contributed by atoms with Crippen LogP contribution in [-0.2, 0) is 4.74 Å². The molecule has 0 bridgehead atoms. The Labute approximate surface area is 133 Å². The van der Waals surface area contributed by atoms with Gasteiger partial charge in [0.2, 0.25) is 0 Å². The minimum Gasteiger partial charge on any atom is -0.376 e. The molecule has 4 nitrogen and oxygen atoms in total. The molecule has 4 heteroatoms. The van der Waals surface area contributed by atoms with Crippen molar-refractivity contribution in [2.45, 2.75) is 46.6 Å². The van der Waals surface area contributed by atoms with Crippen LogP contribution in [0.25, 0.3) is 0 Å². The molecule has 1 aliphatic heterocycles. The molecule has 0 atom stereocenters. The first kappa shape index (κ1) is 20.8. The quantitative estimate of drug-likeness (QED) is 0.545. The summed E-state index contributed by atoms with van der Waals surface area (Å²) in [5.74, 6) is 0. The van der Waals surface area contributed by atoms with Gasteiger partial charge in [-0.2, -0.15) is 0 Å². The summed E-state index contributed by atoms with van der Waals surface area (Å²) in [6.07, 6.45) is 2.90. The van der Waals surface area contributed by atoms with Gasteiger partial charge in [-0.3, -0.25) is 0 Å². The Hall–Kier alpha value is -0.160. The first-order valence-electron chi connectivity index (χ1n) is 8.86. The lowest BCUT2D eigenvalue weighted by molar-refractivity contribution is -0.0452. The minimum absolute atomic E-state index is 0.496. The Balaban J connectivity index is 0.00000191. The number of likely N-dealkylation sites (tertiary alicyclic amines) is 1. The molecule has 0 amide bonds. The fraction of sp³-hybridized carbons (Fsp3) is 1.00. The van der Waals surface area contributed by atoms with E-state index in [9.17, 15) is 0 Å². The van der Waals surface area contributed by atoms with Crippen LogP contribution in [-0.4, -0.2) is 87.3 Å². The van der Waals surface area contributed by atoms with Gasteiger partial charge in [-0.05, 0) is 40.0 Å². The minimum atomic E-state index is 0.496. The molecule has 0 unspecified atom stereocenters. The summed E-state index contributed by atoms with van der Waals surface area (Å²) in [5, 5.41) is 0. The van der Waals surface area contributed by atoms with Crippen LogP contribution in [0.5, 0.6) is 0 Å². The van der Waals surface area contributed by atoms with Crippen molar-refractivity contribution < 1.29 is 4.74 Å². The van der Waals surface area contributed by atoms with Crippen LogP contribution in [0.3, 0.4) is 0 Å². The fourth-order valence-electron chi connectivity index (χ4n) is 2.52. The van der Waals surface area contributed by atoms with E-state index in [0.29, 0.717) is 6.10 Å². The second-order valence-corrected chi connectivity index (χ2v) is 5.81. The number of hydrogen-bond acceptors (Lipinski definition) is 4. The van der Waals surface area contributed by atoms with E-state index in [-0.39, 0.29) is 0 Å². The molecule has 1 heterocycles. The van der Waals surface area contributed by atoms with Crippen LogP contribution in [0.15, 0.2) is 0 Å². The maximum Gasteiger partial charge on any atom is 0.0828 e. The van der Waals surface area contributed by atoms with Crippen molar-refractivity contribution in [3.05, 3.63) is 0 Å². The van der Waals surface area contributed by atoms with E-state index in [4.69, 9.17) is 4.74 Å². The largest absolute Gasteiger partial charge is 0.376 e. The predicted molar refractivity (Wildman–Crippen MR) is 93.1 cm³/mol. The SMILES string of the molecule is CC.CCCN(C)CCN(CC)CCCOC1CN(C)C1. The smallest absolute Gasteiger partial charge is 0.0828 e. The zero-order valence-corrected chi connectivity index (χ0v) is 15.4. The number of ether oxygens (including phenoxy) is 1. The molecule has 1 rings (SSSR count). The number of rotatable bonds is 11. The Morgan fingerprint density at radius 2 is 1.71 bits per heavy atom. The highest BCUT2D eigenvalue weighted by atomic mass is 16.5. The molecular weight excluding hydrogens is 262 g/mol. The normalized spacial score (nSPS) is 16.0. The highest BCUT2D eigenvalue weighted by molar-refractivity contribution is 4.77. The van der Waals surface area contributed by atoms with Gasteiger partial charge < -0.3 is 19.4 Å². The topological polar surface area (TPSA) is 19.0 Å². The maximum absolute atomic E-state index is 5.83. The van der Waals surface area contributed by atoms with Gasteiger partial charge in [0.1, 0.15) is 0 Å². The zero-order chi connectivity index (χ0) is 16.1. The van der Waals surface area contributed by atoms with E-state index in [2.05, 4.69) is 42.6 Å². The van der Waals surface area contributed by atoms with Crippen LogP contribution in [0.2, 0.25) is 0 Å². The molecule has 0 N–H and O–H groups in total. The summed E-state index contributed by atoms with van der Waals surface area (Å²) in [7, 11) is 4.36. The molecule has 0 spiro atoms. The van der Waals surface area contributed by atoms with E-state index in [1.807, 2.05) is 13.8 Å². The van der Waals surface area contributed by atoms with Crippen molar-refractivity contribution >= 4 is 0 Å². The molecule has 21 heavy (non-hydrogen) atoms. The summed E-state index contributed by atoms with van der Waals surface area (Å²) in [5.41, 5.74) is 0. The Bertz CT molecular complexity index is 220. The lowest BCUT2D eigenvalue weighted by Crippen LogP contribution is -2.49. The van der Waals surface area contributed by atoms with Crippen LogP contribution < -0.4 is 0 Å². The summed E-state index contributed by atoms with van der Waals surface area (Å²) < 4.78 is 5.83. The molecule has 1 saturated heterocycles. The van der Waals surface area contributed by atoms with E-state index >= 15 is 0 Å². The van der Waals surface area contributed by atoms with Crippen molar-refractivity contribution in [2.75, 3.05) is 66.5 Å². The first-order valence-corrected chi connectivity index (χ1v) is 8.86. The van der Waals surface area contributed by atoms with Crippen molar-refractivity contribution in [2.24, 2.45) is 0 Å². The van der Waals surface area contributed by atoms with Gasteiger partial charge in [0.15, 0.2) is 0 Å². The molecule has 0 aromatic rings. The van der Waals surface area contributed by atoms with E-state index in [1.165, 1.54) is 32.6 Å². The first-order chi connectivity index (χ1) is 10.2. The van der Waals surface area contributed by atoms with Gasteiger partial charge in [0.05, 0.1) is 6.10 Å². The van der Waals surface area contributed by atoms with Gasteiger partial charge in [-0.15, -0.1) is 0 Å². The van der Waals surface area contributed by atoms with Crippen molar-refractivity contribution in [1.82, 2.24) is 14.7 Å². The Morgan fingerprint density at radius 3 is 2.24 bits per heavy atom. The monoisotopic (exact) mass is 301 g/mol. The van der Waals surface area contributed by atoms with E-state index in [0.717, 1.165) is 32.7 Å². The zero-order valence-electron chi connectivity index (χ0n) is 15.4. The van der Waals surface area contributed by atoms with E-state index < -0.39 is 0 Å². The third kappa shape index (κ3) is 10.2. The highest BCUT2D eigenvalue weighted by Crippen LogP contribution is 2.08. The predicted octanol–water partition coefficient (Wildman–Crippen LogP) is 2.40. The average molecular weight is 302 g/mol. The second kappa shape index (κ2) is 13.5. The molecular formula is C17H39N3O. The van der Waals surface area contributed by atoms with Crippen molar-refractivity contribution in [3.63, 3.8) is 0 Å². The standard InChI is InChI=1S/C15H33N3O.C2H6/c1-5-8-16(3)10-11-18(6-2)9-7-12-19-15-13-17(4)14-15;1-2/h15H,5-14H2,1-4H3;1-2H3. The molecule has 0 aromatic carbocycles. The molecule has 0 aliphatic carbocycles. The van der Waals surface area contributed by atoms with Crippen LogP contribution >= 0.6 is 0 Å².